The van der Waals surface area contributed by atoms with Gasteiger partial charge >= 0.3 is 0 Å². The second-order valence-electron chi connectivity index (χ2n) is 7.51. The van der Waals surface area contributed by atoms with Crippen molar-refractivity contribution in [3.8, 4) is 11.5 Å². The van der Waals surface area contributed by atoms with Gasteiger partial charge in [0.05, 0.1) is 12.0 Å². The average molecular weight is 416 g/mol. The van der Waals surface area contributed by atoms with Gasteiger partial charge in [0.1, 0.15) is 13.2 Å². The largest absolute Gasteiger partial charge is 0.486 e. The van der Waals surface area contributed by atoms with Gasteiger partial charge in [0.25, 0.3) is 0 Å². The fraction of sp³-hybridized carbons (Fsp3) is 0.429. The van der Waals surface area contributed by atoms with E-state index in [0.717, 1.165) is 5.69 Å². The van der Waals surface area contributed by atoms with Crippen LogP contribution < -0.4 is 19.7 Å². The van der Waals surface area contributed by atoms with E-state index >= 15 is 0 Å². The lowest BCUT2D eigenvalue weighted by Crippen LogP contribution is -2.38. The molecular formula is C21H25N3O4S. The molecule has 0 saturated carbocycles. The van der Waals surface area contributed by atoms with Crippen LogP contribution in [0.4, 0.5) is 5.69 Å². The minimum atomic E-state index is -0.360. The summed E-state index contributed by atoms with van der Waals surface area (Å²) in [4.78, 5) is 29.0. The Hall–Kier alpha value is -2.58. The van der Waals surface area contributed by atoms with Gasteiger partial charge in [-0.15, -0.1) is 0 Å². The van der Waals surface area contributed by atoms with Gasteiger partial charge in [-0.25, -0.2) is 0 Å². The molecule has 8 heteroatoms. The predicted molar refractivity (Wildman–Crippen MR) is 112 cm³/mol. The summed E-state index contributed by atoms with van der Waals surface area (Å²) in [6, 6.07) is 7.64. The smallest absolute Gasteiger partial charge is 0.227 e. The van der Waals surface area contributed by atoms with Crippen LogP contribution in [-0.2, 0) is 9.59 Å². The predicted octanol–water partition coefficient (Wildman–Crippen LogP) is 2.29. The van der Waals surface area contributed by atoms with Gasteiger partial charge in [0.2, 0.25) is 11.8 Å². The van der Waals surface area contributed by atoms with Gasteiger partial charge in [0.15, 0.2) is 11.5 Å². The van der Waals surface area contributed by atoms with E-state index in [9.17, 15) is 9.59 Å². The highest BCUT2D eigenvalue weighted by Gasteiger charge is 2.35. The first-order valence-corrected chi connectivity index (χ1v) is 10.6. The normalized spacial score (nSPS) is 19.5. The summed E-state index contributed by atoms with van der Waals surface area (Å²) in [5, 5.41) is 7.17. The Bertz CT molecular complexity index is 884. The molecule has 0 unspecified atom stereocenters. The van der Waals surface area contributed by atoms with Crippen LogP contribution in [0, 0.1) is 5.92 Å². The van der Waals surface area contributed by atoms with Crippen LogP contribution >= 0.6 is 11.3 Å². The number of benzene rings is 1. The summed E-state index contributed by atoms with van der Waals surface area (Å²) < 4.78 is 11.1. The van der Waals surface area contributed by atoms with Gasteiger partial charge in [-0.05, 0) is 48.6 Å². The Balaban J connectivity index is 1.39. The molecule has 1 fully saturated rings. The molecule has 1 N–H and O–H groups in total. The highest BCUT2D eigenvalue weighted by Crippen LogP contribution is 2.36. The van der Waals surface area contributed by atoms with Crippen LogP contribution in [0.3, 0.4) is 0 Å². The quantitative estimate of drug-likeness (QED) is 0.784. The second-order valence-corrected chi connectivity index (χ2v) is 8.29. The number of hydrogen-bond acceptors (Lipinski definition) is 6. The number of thiophene rings is 1. The maximum absolute atomic E-state index is 12.7. The average Bonchev–Trinajstić information content (AvgIpc) is 3.37. The molecule has 2 aliphatic heterocycles. The highest BCUT2D eigenvalue weighted by atomic mass is 32.1. The van der Waals surface area contributed by atoms with Crippen molar-refractivity contribution in [3.63, 3.8) is 0 Å². The molecule has 2 amide bonds. The summed E-state index contributed by atoms with van der Waals surface area (Å²) in [5.41, 5.74) is 1.92. The van der Waals surface area contributed by atoms with Gasteiger partial charge in [0, 0.05) is 31.3 Å². The van der Waals surface area contributed by atoms with Crippen LogP contribution in [0.15, 0.2) is 35.0 Å². The number of anilines is 1. The fourth-order valence-electron chi connectivity index (χ4n) is 3.74. The van der Waals surface area contributed by atoms with E-state index in [2.05, 4.69) is 21.7 Å². The van der Waals surface area contributed by atoms with Crippen molar-refractivity contribution in [1.82, 2.24) is 10.2 Å². The maximum Gasteiger partial charge on any atom is 0.227 e. The molecule has 154 valence electrons. The molecule has 4 rings (SSSR count). The number of likely N-dealkylation sites (N-methyl/N-ethyl adjacent to an activating group) is 1. The summed E-state index contributed by atoms with van der Waals surface area (Å²) >= 11 is 1.64. The van der Waals surface area contributed by atoms with E-state index in [1.165, 1.54) is 5.56 Å². The van der Waals surface area contributed by atoms with E-state index in [0.29, 0.717) is 37.8 Å². The Morgan fingerprint density at radius 1 is 1.28 bits per heavy atom. The minimum absolute atomic E-state index is 0.0520. The van der Waals surface area contributed by atoms with Crippen molar-refractivity contribution in [2.24, 2.45) is 5.92 Å². The highest BCUT2D eigenvalue weighted by molar-refractivity contribution is 7.07. The molecule has 2 aliphatic rings. The molecule has 29 heavy (non-hydrogen) atoms. The molecule has 0 radical (unpaired) electrons. The van der Waals surface area contributed by atoms with E-state index < -0.39 is 0 Å². The number of ether oxygens (including phenoxy) is 2. The van der Waals surface area contributed by atoms with Gasteiger partial charge in [-0.2, -0.15) is 11.3 Å². The molecular weight excluding hydrogens is 390 g/mol. The van der Waals surface area contributed by atoms with Gasteiger partial charge in [-0.1, -0.05) is 0 Å². The zero-order chi connectivity index (χ0) is 20.4. The van der Waals surface area contributed by atoms with Gasteiger partial charge in [-0.3, -0.25) is 9.59 Å². The number of nitrogens with zero attached hydrogens (tertiary/aromatic N) is 2. The third kappa shape index (κ3) is 4.23. The third-order valence-corrected chi connectivity index (χ3v) is 6.06. The number of carbonyl (C=O) groups is 2. The Morgan fingerprint density at radius 2 is 2.07 bits per heavy atom. The lowest BCUT2D eigenvalue weighted by Gasteiger charge is -2.25. The Kier molecular flexibility index (Phi) is 5.73. The standard InChI is InChI=1S/C21H25N3O4S/c1-23(2)17(14-5-8-29-13-14)11-22-21(26)15-9-20(25)24(12-15)16-3-4-18-19(10-16)28-7-6-27-18/h3-5,8,10,13,15,17H,6-7,9,11-12H2,1-2H3,(H,22,26)/t15-,17-/m1/s1. The van der Waals surface area contributed by atoms with Crippen molar-refractivity contribution in [1.29, 1.82) is 0 Å². The van der Waals surface area contributed by atoms with E-state index in [1.54, 1.807) is 16.2 Å². The van der Waals surface area contributed by atoms with Crippen molar-refractivity contribution in [3.05, 3.63) is 40.6 Å². The number of rotatable bonds is 6. The van der Waals surface area contributed by atoms with Crippen LogP contribution in [0.2, 0.25) is 0 Å². The molecule has 2 aromatic rings. The first kappa shape index (κ1) is 19.7. The topological polar surface area (TPSA) is 71.1 Å². The number of hydrogen-bond donors (Lipinski definition) is 1. The zero-order valence-corrected chi connectivity index (χ0v) is 17.4. The monoisotopic (exact) mass is 415 g/mol. The molecule has 0 aliphatic carbocycles. The maximum atomic E-state index is 12.7. The number of nitrogens with one attached hydrogen (secondary N) is 1. The summed E-state index contributed by atoms with van der Waals surface area (Å²) in [6.45, 7) is 1.90. The van der Waals surface area contributed by atoms with E-state index in [4.69, 9.17) is 9.47 Å². The summed E-state index contributed by atoms with van der Waals surface area (Å²) in [7, 11) is 3.99. The van der Waals surface area contributed by atoms with Crippen LogP contribution in [0.1, 0.15) is 18.0 Å². The van der Waals surface area contributed by atoms with Crippen LogP contribution in [-0.4, -0.2) is 57.1 Å². The van der Waals surface area contributed by atoms with Crippen molar-refractivity contribution >= 4 is 28.8 Å². The molecule has 3 heterocycles. The fourth-order valence-corrected chi connectivity index (χ4v) is 4.44. The van der Waals surface area contributed by atoms with Crippen molar-refractivity contribution in [2.75, 3.05) is 45.3 Å². The van der Waals surface area contributed by atoms with Crippen LogP contribution in [0.25, 0.3) is 0 Å². The second kappa shape index (κ2) is 8.42. The molecule has 0 spiro atoms. The zero-order valence-electron chi connectivity index (χ0n) is 16.6. The molecule has 1 saturated heterocycles. The van der Waals surface area contributed by atoms with E-state index in [-0.39, 0.29) is 30.2 Å². The number of amides is 2. The number of carbonyl (C=O) groups excluding carboxylic acids is 2. The molecule has 1 aromatic heterocycles. The lowest BCUT2D eigenvalue weighted by molar-refractivity contribution is -0.126. The molecule has 0 bridgehead atoms. The van der Waals surface area contributed by atoms with Crippen molar-refractivity contribution in [2.45, 2.75) is 12.5 Å². The molecule has 1 aromatic carbocycles. The third-order valence-electron chi connectivity index (χ3n) is 5.35. The Morgan fingerprint density at radius 3 is 2.79 bits per heavy atom. The Labute approximate surface area is 174 Å². The summed E-state index contributed by atoms with van der Waals surface area (Å²) in [6.07, 6.45) is 0.214. The van der Waals surface area contributed by atoms with Crippen LogP contribution in [0.5, 0.6) is 11.5 Å². The first-order chi connectivity index (χ1) is 14.0. The minimum Gasteiger partial charge on any atom is -0.486 e. The SMILES string of the molecule is CN(C)[C@H](CNC(=O)[C@@H]1CC(=O)N(c2ccc3c(c2)OCCO3)C1)c1ccsc1. The van der Waals surface area contributed by atoms with E-state index in [1.807, 2.05) is 37.7 Å². The summed E-state index contributed by atoms with van der Waals surface area (Å²) in [5.74, 6) is 0.827. The molecule has 2 atom stereocenters. The van der Waals surface area contributed by atoms with Gasteiger partial charge < -0.3 is 24.6 Å². The molecule has 7 nitrogen and oxygen atoms in total. The van der Waals surface area contributed by atoms with Crippen molar-refractivity contribution < 1.29 is 19.1 Å². The first-order valence-electron chi connectivity index (χ1n) is 9.69. The lowest BCUT2D eigenvalue weighted by atomic mass is 10.1. The number of fused-ring (bicyclic) bond motifs is 1.